The van der Waals surface area contributed by atoms with Gasteiger partial charge in [0.2, 0.25) is 0 Å². The summed E-state index contributed by atoms with van der Waals surface area (Å²) >= 11 is 0. The standard InChI is InChI=1S/C14H16N4O4.ClH/c1-16-12(19)14(6-8-15-9-7-14)17(13(16)20)10-2-4-11(5-3-10)18(21)22;/h2-5,15H,6-9H2,1H3;1H. The molecule has 1 aromatic carbocycles. The summed E-state index contributed by atoms with van der Waals surface area (Å²) in [6.45, 7) is 1.30. The van der Waals surface area contributed by atoms with Crippen LogP contribution in [0.4, 0.5) is 16.2 Å². The lowest BCUT2D eigenvalue weighted by atomic mass is 9.86. The summed E-state index contributed by atoms with van der Waals surface area (Å²) in [6, 6.07) is 5.35. The van der Waals surface area contributed by atoms with Crippen molar-refractivity contribution < 1.29 is 14.5 Å². The summed E-state index contributed by atoms with van der Waals surface area (Å²) in [5.74, 6) is -0.211. The number of hydrogen-bond donors (Lipinski definition) is 1. The highest BCUT2D eigenvalue weighted by Gasteiger charge is 2.56. The Morgan fingerprint density at radius 3 is 2.26 bits per heavy atom. The number of urea groups is 1. The number of nitrogens with one attached hydrogen (secondary N) is 1. The lowest BCUT2D eigenvalue weighted by molar-refractivity contribution is -0.384. The molecule has 8 nitrogen and oxygen atoms in total. The van der Waals surface area contributed by atoms with Gasteiger partial charge in [0.05, 0.1) is 4.92 Å². The fourth-order valence-electron chi connectivity index (χ4n) is 3.19. The molecule has 2 fully saturated rings. The minimum Gasteiger partial charge on any atom is -0.317 e. The summed E-state index contributed by atoms with van der Waals surface area (Å²) in [5.41, 5.74) is -0.419. The molecule has 2 saturated heterocycles. The maximum absolute atomic E-state index is 12.6. The minimum absolute atomic E-state index is 0. The van der Waals surface area contributed by atoms with Crippen LogP contribution in [0.3, 0.4) is 0 Å². The van der Waals surface area contributed by atoms with E-state index in [1.807, 2.05) is 0 Å². The number of rotatable bonds is 2. The fraction of sp³-hybridized carbons (Fsp3) is 0.429. The molecule has 0 bridgehead atoms. The van der Waals surface area contributed by atoms with Crippen molar-refractivity contribution in [2.75, 3.05) is 25.0 Å². The molecule has 2 heterocycles. The van der Waals surface area contributed by atoms with Gasteiger partial charge in [0.15, 0.2) is 0 Å². The zero-order valence-corrected chi connectivity index (χ0v) is 13.3. The van der Waals surface area contributed by atoms with Crippen molar-refractivity contribution in [3.8, 4) is 0 Å². The quantitative estimate of drug-likeness (QED) is 0.500. The normalized spacial score (nSPS) is 19.9. The molecule has 124 valence electrons. The number of imide groups is 1. The molecule has 1 aromatic rings. The molecule has 3 amide bonds. The van der Waals surface area contributed by atoms with Crippen molar-refractivity contribution in [2.24, 2.45) is 0 Å². The van der Waals surface area contributed by atoms with E-state index in [0.29, 0.717) is 31.6 Å². The van der Waals surface area contributed by atoms with Crippen LogP contribution < -0.4 is 10.2 Å². The van der Waals surface area contributed by atoms with E-state index < -0.39 is 10.5 Å². The van der Waals surface area contributed by atoms with Crippen molar-refractivity contribution in [1.29, 1.82) is 0 Å². The Kier molecular flexibility index (Phi) is 4.58. The summed E-state index contributed by atoms with van der Waals surface area (Å²) in [6.07, 6.45) is 1.05. The van der Waals surface area contributed by atoms with Gasteiger partial charge in [-0.05, 0) is 38.1 Å². The van der Waals surface area contributed by atoms with Crippen molar-refractivity contribution >= 4 is 35.7 Å². The second kappa shape index (κ2) is 6.13. The minimum atomic E-state index is -0.882. The number of likely N-dealkylation sites (N-methyl/N-ethyl adjacent to an activating group) is 1. The maximum atomic E-state index is 12.6. The van der Waals surface area contributed by atoms with Crippen LogP contribution >= 0.6 is 12.4 Å². The van der Waals surface area contributed by atoms with E-state index in [-0.39, 0.29) is 30.0 Å². The highest BCUT2D eigenvalue weighted by Crippen LogP contribution is 2.39. The number of non-ortho nitro benzene ring substituents is 1. The van der Waals surface area contributed by atoms with Crippen LogP contribution in [0.5, 0.6) is 0 Å². The third-order valence-electron chi connectivity index (χ3n) is 4.36. The Morgan fingerprint density at radius 1 is 1.17 bits per heavy atom. The zero-order valence-electron chi connectivity index (χ0n) is 12.5. The summed E-state index contributed by atoms with van der Waals surface area (Å²) in [7, 11) is 1.47. The molecular weight excluding hydrogens is 324 g/mol. The Labute approximate surface area is 139 Å². The van der Waals surface area contributed by atoms with Gasteiger partial charge in [0.1, 0.15) is 5.54 Å². The van der Waals surface area contributed by atoms with Gasteiger partial charge in [-0.2, -0.15) is 0 Å². The van der Waals surface area contributed by atoms with Gasteiger partial charge in [-0.1, -0.05) is 0 Å². The second-order valence-corrected chi connectivity index (χ2v) is 5.54. The number of carbonyl (C=O) groups is 2. The average molecular weight is 341 g/mol. The molecule has 0 aromatic heterocycles. The predicted octanol–water partition coefficient (Wildman–Crippen LogP) is 1.54. The fourth-order valence-corrected chi connectivity index (χ4v) is 3.19. The van der Waals surface area contributed by atoms with E-state index in [4.69, 9.17) is 0 Å². The number of nitro benzene ring substituents is 1. The number of anilines is 1. The van der Waals surface area contributed by atoms with E-state index in [0.717, 1.165) is 4.90 Å². The topological polar surface area (TPSA) is 95.8 Å². The number of nitrogens with zero attached hydrogens (tertiary/aromatic N) is 3. The third kappa shape index (κ3) is 2.53. The largest absolute Gasteiger partial charge is 0.331 e. The summed E-state index contributed by atoms with van der Waals surface area (Å²) in [4.78, 5) is 37.9. The molecule has 0 atom stereocenters. The second-order valence-electron chi connectivity index (χ2n) is 5.54. The number of piperidine rings is 1. The third-order valence-corrected chi connectivity index (χ3v) is 4.36. The SMILES string of the molecule is CN1C(=O)N(c2ccc([N+](=O)[O-])cc2)C2(CCNCC2)C1=O.Cl. The first-order chi connectivity index (χ1) is 10.5. The van der Waals surface area contributed by atoms with Crippen molar-refractivity contribution in [2.45, 2.75) is 18.4 Å². The van der Waals surface area contributed by atoms with Crippen LogP contribution in [0.25, 0.3) is 0 Å². The maximum Gasteiger partial charge on any atom is 0.331 e. The Balaban J connectivity index is 0.00000192. The van der Waals surface area contributed by atoms with Gasteiger partial charge in [-0.15, -0.1) is 12.4 Å². The van der Waals surface area contributed by atoms with Gasteiger partial charge < -0.3 is 5.32 Å². The van der Waals surface area contributed by atoms with Crippen LogP contribution in [0.2, 0.25) is 0 Å². The van der Waals surface area contributed by atoms with Gasteiger partial charge >= 0.3 is 6.03 Å². The number of benzene rings is 1. The van der Waals surface area contributed by atoms with E-state index in [2.05, 4.69) is 5.32 Å². The van der Waals surface area contributed by atoms with Gasteiger partial charge in [0.25, 0.3) is 11.6 Å². The monoisotopic (exact) mass is 340 g/mol. The lowest BCUT2D eigenvalue weighted by Crippen LogP contribution is -2.56. The molecule has 0 aliphatic carbocycles. The summed E-state index contributed by atoms with van der Waals surface area (Å²) in [5, 5.41) is 13.9. The predicted molar refractivity (Wildman–Crippen MR) is 85.8 cm³/mol. The number of amides is 3. The first-order valence-corrected chi connectivity index (χ1v) is 7.05. The molecule has 3 rings (SSSR count). The molecule has 0 saturated carbocycles. The van der Waals surface area contributed by atoms with Crippen LogP contribution in [-0.4, -0.2) is 47.4 Å². The highest BCUT2D eigenvalue weighted by atomic mass is 35.5. The molecule has 1 spiro atoms. The first-order valence-electron chi connectivity index (χ1n) is 7.05. The first kappa shape index (κ1) is 17.2. The molecule has 2 aliphatic heterocycles. The molecule has 9 heteroatoms. The average Bonchev–Trinajstić information content (AvgIpc) is 2.70. The van der Waals surface area contributed by atoms with Crippen molar-refractivity contribution in [1.82, 2.24) is 10.2 Å². The molecule has 23 heavy (non-hydrogen) atoms. The van der Waals surface area contributed by atoms with Crippen molar-refractivity contribution in [3.05, 3.63) is 34.4 Å². The van der Waals surface area contributed by atoms with Crippen LogP contribution in [0.1, 0.15) is 12.8 Å². The van der Waals surface area contributed by atoms with E-state index in [9.17, 15) is 19.7 Å². The van der Waals surface area contributed by atoms with Crippen molar-refractivity contribution in [3.63, 3.8) is 0 Å². The van der Waals surface area contributed by atoms with E-state index >= 15 is 0 Å². The van der Waals surface area contributed by atoms with Gasteiger partial charge in [-0.3, -0.25) is 24.7 Å². The molecule has 1 N–H and O–H groups in total. The molecule has 0 unspecified atom stereocenters. The summed E-state index contributed by atoms with van der Waals surface area (Å²) < 4.78 is 0. The zero-order chi connectivity index (χ0) is 15.9. The molecule has 2 aliphatic rings. The number of nitro groups is 1. The molecular formula is C14H17ClN4O4. The number of hydrogen-bond acceptors (Lipinski definition) is 5. The Bertz CT molecular complexity index is 643. The van der Waals surface area contributed by atoms with Gasteiger partial charge in [-0.25, -0.2) is 4.79 Å². The number of halogens is 1. The van der Waals surface area contributed by atoms with Crippen LogP contribution in [0.15, 0.2) is 24.3 Å². The van der Waals surface area contributed by atoms with E-state index in [1.54, 1.807) is 0 Å². The van der Waals surface area contributed by atoms with Crippen LogP contribution in [-0.2, 0) is 4.79 Å². The highest BCUT2D eigenvalue weighted by molar-refractivity contribution is 6.16. The number of carbonyl (C=O) groups excluding carboxylic acids is 2. The smallest absolute Gasteiger partial charge is 0.317 e. The Hall–Kier alpha value is -2.19. The van der Waals surface area contributed by atoms with E-state index in [1.165, 1.54) is 36.2 Å². The lowest BCUT2D eigenvalue weighted by Gasteiger charge is -2.38. The van der Waals surface area contributed by atoms with Gasteiger partial charge in [0, 0.05) is 24.9 Å². The molecule has 0 radical (unpaired) electrons. The van der Waals surface area contributed by atoms with Crippen LogP contribution in [0, 0.1) is 10.1 Å². The Morgan fingerprint density at radius 2 is 1.74 bits per heavy atom.